The topological polar surface area (TPSA) is 44.3 Å². The highest BCUT2D eigenvalue weighted by Gasteiger charge is 2.28. The minimum absolute atomic E-state index is 0.344. The Bertz CT molecular complexity index is 585. The summed E-state index contributed by atoms with van der Waals surface area (Å²) in [5, 5.41) is 17.2. The van der Waals surface area contributed by atoms with Crippen molar-refractivity contribution in [2.24, 2.45) is 0 Å². The number of rotatable bonds is 8. The molecule has 1 heterocycles. The summed E-state index contributed by atoms with van der Waals surface area (Å²) < 4.78 is 0. The molecular weight excluding hydrogens is 315 g/mol. The largest absolute Gasteiger partial charge is 0.508 e. The fraction of sp³-hybridized carbons (Fsp3) is 0.600. The van der Waals surface area contributed by atoms with Crippen LogP contribution in [0.3, 0.4) is 0 Å². The highest BCUT2D eigenvalue weighted by molar-refractivity contribution is 7.37. The monoisotopic (exact) mass is 346 g/mol. The van der Waals surface area contributed by atoms with Crippen LogP contribution in [-0.4, -0.2) is 30.0 Å². The van der Waals surface area contributed by atoms with Crippen LogP contribution in [0.1, 0.15) is 57.4 Å². The molecule has 3 N–H and O–H groups in total. The fourth-order valence-electron chi connectivity index (χ4n) is 3.76. The predicted molar refractivity (Wildman–Crippen MR) is 106 cm³/mol. The molecule has 3 rings (SSSR count). The van der Waals surface area contributed by atoms with E-state index in [0.29, 0.717) is 11.8 Å². The number of phenols is 1. The van der Waals surface area contributed by atoms with Gasteiger partial charge in [0, 0.05) is 35.6 Å². The van der Waals surface area contributed by atoms with Crippen LogP contribution < -0.4 is 10.6 Å². The van der Waals surface area contributed by atoms with Crippen molar-refractivity contribution in [2.75, 3.05) is 24.2 Å². The van der Waals surface area contributed by atoms with Crippen LogP contribution in [0.25, 0.3) is 5.70 Å². The van der Waals surface area contributed by atoms with E-state index in [1.54, 1.807) is 11.6 Å². The van der Waals surface area contributed by atoms with Crippen molar-refractivity contribution in [3.05, 3.63) is 29.3 Å². The first-order valence-electron chi connectivity index (χ1n) is 9.57. The number of fused-ring (bicyclic) bond motifs is 2. The van der Waals surface area contributed by atoms with Gasteiger partial charge in [-0.1, -0.05) is 19.8 Å². The first-order valence-corrected chi connectivity index (χ1v) is 11.0. The van der Waals surface area contributed by atoms with E-state index in [-0.39, 0.29) is 0 Å². The van der Waals surface area contributed by atoms with Gasteiger partial charge < -0.3 is 15.7 Å². The van der Waals surface area contributed by atoms with Gasteiger partial charge in [-0.25, -0.2) is 0 Å². The molecule has 0 radical (unpaired) electrons. The molecule has 3 nitrogen and oxygen atoms in total. The SMILES string of the molecule is CCCCPCCCNC1=C2CCCCC2Nc2cc(O)ccc21. The highest BCUT2D eigenvalue weighted by atomic mass is 31.1. The van der Waals surface area contributed by atoms with Gasteiger partial charge in [0.25, 0.3) is 0 Å². The molecule has 4 heteroatoms. The Morgan fingerprint density at radius 1 is 1.25 bits per heavy atom. The van der Waals surface area contributed by atoms with Crippen LogP contribution in [0, 0.1) is 0 Å². The zero-order valence-electron chi connectivity index (χ0n) is 14.8. The Hall–Kier alpha value is -1.21. The molecule has 1 aliphatic carbocycles. The summed E-state index contributed by atoms with van der Waals surface area (Å²) in [7, 11) is 1.12. The predicted octanol–water partition coefficient (Wildman–Crippen LogP) is 4.93. The molecule has 24 heavy (non-hydrogen) atoms. The molecule has 0 aromatic heterocycles. The molecular formula is C20H31N2OP. The highest BCUT2D eigenvalue weighted by Crippen LogP contribution is 2.40. The molecule has 2 unspecified atom stereocenters. The maximum Gasteiger partial charge on any atom is 0.117 e. The molecule has 1 saturated carbocycles. The van der Waals surface area contributed by atoms with Gasteiger partial charge in [-0.3, -0.25) is 0 Å². The van der Waals surface area contributed by atoms with Crippen LogP contribution in [0.2, 0.25) is 0 Å². The number of benzene rings is 1. The Kier molecular flexibility index (Phi) is 6.43. The van der Waals surface area contributed by atoms with Crippen LogP contribution in [-0.2, 0) is 0 Å². The van der Waals surface area contributed by atoms with Gasteiger partial charge >= 0.3 is 0 Å². The number of hydrogen-bond donors (Lipinski definition) is 3. The third-order valence-electron chi connectivity index (χ3n) is 5.07. The van der Waals surface area contributed by atoms with E-state index in [1.807, 2.05) is 6.07 Å². The lowest BCUT2D eigenvalue weighted by Gasteiger charge is -2.35. The van der Waals surface area contributed by atoms with Crippen LogP contribution in [0.15, 0.2) is 23.8 Å². The second-order valence-electron chi connectivity index (χ2n) is 6.96. The summed E-state index contributed by atoms with van der Waals surface area (Å²) in [6.45, 7) is 3.33. The molecule has 2 atom stereocenters. The average molecular weight is 346 g/mol. The lowest BCUT2D eigenvalue weighted by Crippen LogP contribution is -2.33. The maximum atomic E-state index is 9.81. The van der Waals surface area contributed by atoms with Crippen LogP contribution in [0.5, 0.6) is 5.75 Å². The lowest BCUT2D eigenvalue weighted by atomic mass is 9.83. The van der Waals surface area contributed by atoms with Gasteiger partial charge in [0.2, 0.25) is 0 Å². The van der Waals surface area contributed by atoms with Crippen molar-refractivity contribution in [3.63, 3.8) is 0 Å². The van der Waals surface area contributed by atoms with Crippen molar-refractivity contribution < 1.29 is 5.11 Å². The first kappa shape index (κ1) is 17.6. The van der Waals surface area contributed by atoms with Crippen molar-refractivity contribution in [1.29, 1.82) is 0 Å². The fourth-order valence-corrected chi connectivity index (χ4v) is 5.04. The second-order valence-corrected chi connectivity index (χ2v) is 8.46. The molecule has 0 amide bonds. The Morgan fingerprint density at radius 3 is 3.00 bits per heavy atom. The minimum Gasteiger partial charge on any atom is -0.508 e. The molecule has 0 saturated heterocycles. The van der Waals surface area contributed by atoms with Gasteiger partial charge in [0.1, 0.15) is 5.75 Å². The van der Waals surface area contributed by atoms with Gasteiger partial charge in [-0.2, -0.15) is 0 Å². The van der Waals surface area contributed by atoms with E-state index in [4.69, 9.17) is 0 Å². The van der Waals surface area contributed by atoms with Gasteiger partial charge in [-0.05, 0) is 62.1 Å². The molecule has 132 valence electrons. The van der Waals surface area contributed by atoms with E-state index < -0.39 is 0 Å². The zero-order chi connectivity index (χ0) is 16.8. The number of hydrogen-bond acceptors (Lipinski definition) is 3. The number of aromatic hydroxyl groups is 1. The lowest BCUT2D eigenvalue weighted by molar-refractivity contribution is 0.475. The van der Waals surface area contributed by atoms with Crippen molar-refractivity contribution in [1.82, 2.24) is 5.32 Å². The van der Waals surface area contributed by atoms with Crippen LogP contribution >= 0.6 is 8.58 Å². The summed E-state index contributed by atoms with van der Waals surface area (Å²) in [4.78, 5) is 0. The quantitative estimate of drug-likeness (QED) is 0.462. The van der Waals surface area contributed by atoms with Crippen molar-refractivity contribution in [3.8, 4) is 5.75 Å². The molecule has 1 aliphatic heterocycles. The van der Waals surface area contributed by atoms with Gasteiger partial charge in [0.15, 0.2) is 0 Å². The molecule has 2 aliphatic rings. The zero-order valence-corrected chi connectivity index (χ0v) is 15.8. The van der Waals surface area contributed by atoms with Gasteiger partial charge in [-0.15, -0.1) is 8.58 Å². The van der Waals surface area contributed by atoms with E-state index in [1.165, 1.54) is 68.5 Å². The number of unbranched alkanes of at least 4 members (excludes halogenated alkanes) is 1. The minimum atomic E-state index is 0.344. The first-order chi connectivity index (χ1) is 11.8. The third-order valence-corrected chi connectivity index (χ3v) is 6.49. The number of phenolic OH excluding ortho intramolecular Hbond substituents is 1. The average Bonchev–Trinajstić information content (AvgIpc) is 2.60. The second kappa shape index (κ2) is 8.76. The molecule has 0 spiro atoms. The summed E-state index contributed by atoms with van der Waals surface area (Å²) in [6, 6.07) is 6.18. The summed E-state index contributed by atoms with van der Waals surface area (Å²) in [6.07, 6.45) is 11.7. The number of anilines is 1. The summed E-state index contributed by atoms with van der Waals surface area (Å²) in [5.74, 6) is 0.344. The smallest absolute Gasteiger partial charge is 0.117 e. The normalized spacial score (nSPS) is 20.0. The van der Waals surface area contributed by atoms with Crippen molar-refractivity contribution in [2.45, 2.75) is 57.9 Å². The van der Waals surface area contributed by atoms with Crippen molar-refractivity contribution >= 4 is 20.0 Å². The standard InChI is InChI=1S/C20H31N2OP/c1-2-3-12-24-13-6-11-21-20-16-7-4-5-8-18(16)22-19-14-15(23)9-10-17(19)20/h9-10,14,18,21-24H,2-8,11-13H2,1H3. The van der Waals surface area contributed by atoms with E-state index in [0.717, 1.165) is 20.8 Å². The molecule has 1 aromatic rings. The van der Waals surface area contributed by atoms with E-state index in [9.17, 15) is 5.11 Å². The Balaban J connectivity index is 1.65. The number of nitrogens with one attached hydrogen (secondary N) is 2. The third kappa shape index (κ3) is 4.25. The van der Waals surface area contributed by atoms with Gasteiger partial charge in [0.05, 0.1) is 0 Å². The molecule has 0 bridgehead atoms. The Labute approximate surface area is 148 Å². The molecule has 1 fully saturated rings. The Morgan fingerprint density at radius 2 is 2.12 bits per heavy atom. The maximum absolute atomic E-state index is 9.81. The van der Waals surface area contributed by atoms with Crippen LogP contribution in [0.4, 0.5) is 5.69 Å². The van der Waals surface area contributed by atoms with E-state index >= 15 is 0 Å². The summed E-state index contributed by atoms with van der Waals surface area (Å²) >= 11 is 0. The van der Waals surface area contributed by atoms with E-state index in [2.05, 4.69) is 23.6 Å². The molecule has 1 aromatic carbocycles. The summed E-state index contributed by atoms with van der Waals surface area (Å²) in [5.41, 5.74) is 5.20.